The van der Waals surface area contributed by atoms with E-state index < -0.39 is 0 Å². The van der Waals surface area contributed by atoms with Crippen LogP contribution in [0.2, 0.25) is 0 Å². The largest absolute Gasteiger partial charge is 0.465 e. The van der Waals surface area contributed by atoms with Crippen LogP contribution in [0.4, 0.5) is 5.00 Å². The van der Waals surface area contributed by atoms with Crippen LogP contribution in [-0.2, 0) is 22.4 Å². The molecule has 1 aliphatic carbocycles. The Morgan fingerprint density at radius 1 is 1.48 bits per heavy atom. The summed E-state index contributed by atoms with van der Waals surface area (Å²) in [5.41, 5.74) is 2.55. The third-order valence-electron chi connectivity index (χ3n) is 4.08. The van der Waals surface area contributed by atoms with Gasteiger partial charge in [0.05, 0.1) is 18.4 Å². The standard InChI is InChI=1S/C17H20N2O3S3/c1-9-4-5-11-12(6-9)25-15(14(11)16(21)22-3)19-13(20)8-24-17-18-10(2)7-23-17/h7,9H,4-6,8H2,1-3H3,(H,19,20)/t9-/m1/s1. The molecule has 8 heteroatoms. The summed E-state index contributed by atoms with van der Waals surface area (Å²) >= 11 is 4.45. The quantitative estimate of drug-likeness (QED) is 0.607. The van der Waals surface area contributed by atoms with Crippen LogP contribution in [0, 0.1) is 12.8 Å². The van der Waals surface area contributed by atoms with Gasteiger partial charge in [-0.3, -0.25) is 4.79 Å². The van der Waals surface area contributed by atoms with Gasteiger partial charge in [0.2, 0.25) is 5.91 Å². The maximum Gasteiger partial charge on any atom is 0.341 e. The number of ether oxygens (including phenoxy) is 1. The molecular formula is C17H20N2O3S3. The zero-order valence-corrected chi connectivity index (χ0v) is 16.8. The van der Waals surface area contributed by atoms with E-state index in [2.05, 4.69) is 17.2 Å². The SMILES string of the molecule is COC(=O)c1c(NC(=O)CSc2nc(C)cs2)sc2c1CC[C@@H](C)C2. The van der Waals surface area contributed by atoms with Crippen molar-refractivity contribution >= 4 is 51.3 Å². The van der Waals surface area contributed by atoms with E-state index in [0.717, 1.165) is 34.9 Å². The van der Waals surface area contributed by atoms with E-state index in [4.69, 9.17) is 4.74 Å². The maximum atomic E-state index is 12.3. The number of thioether (sulfide) groups is 1. The summed E-state index contributed by atoms with van der Waals surface area (Å²) in [6, 6.07) is 0. The van der Waals surface area contributed by atoms with E-state index in [1.54, 1.807) is 0 Å². The average molecular weight is 397 g/mol. The van der Waals surface area contributed by atoms with Crippen molar-refractivity contribution in [2.24, 2.45) is 5.92 Å². The van der Waals surface area contributed by atoms with Gasteiger partial charge in [-0.15, -0.1) is 22.7 Å². The smallest absolute Gasteiger partial charge is 0.341 e. The van der Waals surface area contributed by atoms with Gasteiger partial charge in [-0.05, 0) is 37.7 Å². The van der Waals surface area contributed by atoms with Crippen LogP contribution in [0.5, 0.6) is 0 Å². The van der Waals surface area contributed by atoms with Crippen molar-refractivity contribution in [1.82, 2.24) is 4.98 Å². The van der Waals surface area contributed by atoms with Gasteiger partial charge in [0, 0.05) is 16.0 Å². The molecule has 5 nitrogen and oxygen atoms in total. The Morgan fingerprint density at radius 3 is 2.96 bits per heavy atom. The first kappa shape index (κ1) is 18.4. The Bertz CT molecular complexity index is 797. The van der Waals surface area contributed by atoms with E-state index in [-0.39, 0.29) is 17.6 Å². The summed E-state index contributed by atoms with van der Waals surface area (Å²) in [5, 5.41) is 5.49. The molecule has 1 N–H and O–H groups in total. The molecule has 0 bridgehead atoms. The maximum absolute atomic E-state index is 12.3. The number of nitrogens with one attached hydrogen (secondary N) is 1. The summed E-state index contributed by atoms with van der Waals surface area (Å²) in [6.45, 7) is 4.14. The highest BCUT2D eigenvalue weighted by molar-refractivity contribution is 8.01. The van der Waals surface area contributed by atoms with Gasteiger partial charge < -0.3 is 10.1 Å². The first-order valence-electron chi connectivity index (χ1n) is 8.05. The zero-order chi connectivity index (χ0) is 18.0. The lowest BCUT2D eigenvalue weighted by molar-refractivity contribution is -0.113. The molecule has 25 heavy (non-hydrogen) atoms. The highest BCUT2D eigenvalue weighted by Gasteiger charge is 2.28. The number of amides is 1. The monoisotopic (exact) mass is 396 g/mol. The number of hydrogen-bond acceptors (Lipinski definition) is 7. The fraction of sp³-hybridized carbons (Fsp3) is 0.471. The van der Waals surface area contributed by atoms with Gasteiger partial charge in [-0.2, -0.15) is 0 Å². The van der Waals surface area contributed by atoms with Crippen molar-refractivity contribution < 1.29 is 14.3 Å². The minimum absolute atomic E-state index is 0.130. The topological polar surface area (TPSA) is 68.3 Å². The second-order valence-electron chi connectivity index (χ2n) is 6.14. The molecule has 1 atom stereocenters. The molecule has 3 rings (SSSR count). The number of fused-ring (bicyclic) bond motifs is 1. The second-order valence-corrected chi connectivity index (χ2v) is 9.32. The highest BCUT2D eigenvalue weighted by atomic mass is 32.2. The molecule has 0 aromatic carbocycles. The van der Waals surface area contributed by atoms with Gasteiger partial charge in [0.1, 0.15) is 5.00 Å². The zero-order valence-electron chi connectivity index (χ0n) is 14.4. The number of thiophene rings is 1. The Balaban J connectivity index is 1.74. The van der Waals surface area contributed by atoms with Crippen LogP contribution in [0.25, 0.3) is 0 Å². The van der Waals surface area contributed by atoms with Crippen molar-refractivity contribution in [3.8, 4) is 0 Å². The number of esters is 1. The normalized spacial score (nSPS) is 16.4. The Morgan fingerprint density at radius 2 is 2.28 bits per heavy atom. The van der Waals surface area contributed by atoms with Crippen molar-refractivity contribution in [3.63, 3.8) is 0 Å². The number of anilines is 1. The number of nitrogens with zero attached hydrogens (tertiary/aromatic N) is 1. The van der Waals surface area contributed by atoms with E-state index >= 15 is 0 Å². The van der Waals surface area contributed by atoms with Gasteiger partial charge >= 0.3 is 5.97 Å². The summed E-state index contributed by atoms with van der Waals surface area (Å²) in [6.07, 6.45) is 2.87. The summed E-state index contributed by atoms with van der Waals surface area (Å²) in [5.74, 6) is 0.371. The molecule has 0 saturated carbocycles. The van der Waals surface area contributed by atoms with Crippen molar-refractivity contribution in [2.45, 2.75) is 37.4 Å². The van der Waals surface area contributed by atoms with Crippen LogP contribution < -0.4 is 5.32 Å². The first-order valence-corrected chi connectivity index (χ1v) is 10.7. The lowest BCUT2D eigenvalue weighted by Crippen LogP contribution is -2.17. The number of methoxy groups -OCH3 is 1. The lowest BCUT2D eigenvalue weighted by atomic mass is 9.88. The minimum Gasteiger partial charge on any atom is -0.465 e. The van der Waals surface area contributed by atoms with Crippen molar-refractivity contribution in [2.75, 3.05) is 18.2 Å². The number of rotatable bonds is 5. The van der Waals surface area contributed by atoms with Crippen LogP contribution >= 0.6 is 34.4 Å². The number of carbonyl (C=O) groups excluding carboxylic acids is 2. The molecule has 2 aromatic rings. The van der Waals surface area contributed by atoms with Gasteiger partial charge in [-0.25, -0.2) is 9.78 Å². The van der Waals surface area contributed by atoms with E-state index in [0.29, 0.717) is 16.5 Å². The molecule has 0 spiro atoms. The predicted octanol–water partition coefficient (Wildman–Crippen LogP) is 4.16. The fourth-order valence-corrected chi connectivity index (χ4v) is 5.91. The molecule has 0 aliphatic heterocycles. The van der Waals surface area contributed by atoms with E-state index in [1.807, 2.05) is 12.3 Å². The number of carbonyl (C=O) groups is 2. The van der Waals surface area contributed by atoms with E-state index in [1.165, 1.54) is 46.4 Å². The molecule has 0 saturated heterocycles. The molecule has 2 heterocycles. The van der Waals surface area contributed by atoms with Gasteiger partial charge in [0.25, 0.3) is 0 Å². The van der Waals surface area contributed by atoms with Crippen LogP contribution in [0.1, 0.15) is 39.8 Å². The Labute approximate surface area is 159 Å². The molecule has 0 fully saturated rings. The number of thiazole rings is 1. The summed E-state index contributed by atoms with van der Waals surface area (Å²) in [7, 11) is 1.38. The van der Waals surface area contributed by atoms with Crippen molar-refractivity contribution in [3.05, 3.63) is 27.1 Å². The van der Waals surface area contributed by atoms with Crippen LogP contribution in [-0.4, -0.2) is 29.7 Å². The second kappa shape index (κ2) is 7.88. The van der Waals surface area contributed by atoms with Crippen LogP contribution in [0.3, 0.4) is 0 Å². The third-order valence-corrected chi connectivity index (χ3v) is 7.39. The van der Waals surface area contributed by atoms with Gasteiger partial charge in [-0.1, -0.05) is 18.7 Å². The average Bonchev–Trinajstić information content (AvgIpc) is 3.14. The molecular weight excluding hydrogens is 376 g/mol. The Kier molecular flexibility index (Phi) is 5.81. The molecule has 2 aromatic heterocycles. The molecule has 0 unspecified atom stereocenters. The highest BCUT2D eigenvalue weighted by Crippen LogP contribution is 2.40. The summed E-state index contributed by atoms with van der Waals surface area (Å²) < 4.78 is 5.82. The number of aryl methyl sites for hydroxylation is 1. The lowest BCUT2D eigenvalue weighted by Gasteiger charge is -2.18. The molecule has 0 radical (unpaired) electrons. The fourth-order valence-electron chi connectivity index (χ4n) is 2.85. The van der Waals surface area contributed by atoms with Gasteiger partial charge in [0.15, 0.2) is 4.34 Å². The Hall–Kier alpha value is -1.38. The van der Waals surface area contributed by atoms with Crippen molar-refractivity contribution in [1.29, 1.82) is 0 Å². The minimum atomic E-state index is -0.370. The first-order chi connectivity index (χ1) is 12.0. The third kappa shape index (κ3) is 4.24. The molecule has 1 amide bonds. The van der Waals surface area contributed by atoms with E-state index in [9.17, 15) is 9.59 Å². The number of aromatic nitrogens is 1. The van der Waals surface area contributed by atoms with Crippen LogP contribution in [0.15, 0.2) is 9.72 Å². The number of hydrogen-bond donors (Lipinski definition) is 1. The summed E-state index contributed by atoms with van der Waals surface area (Å²) in [4.78, 5) is 30.1. The predicted molar refractivity (Wildman–Crippen MR) is 103 cm³/mol. The molecule has 1 aliphatic rings. The molecule has 134 valence electrons.